The molecular weight excluding hydrogens is 158 g/mol. The molecule has 4 nitrogen and oxygen atoms in total. The molecule has 0 aromatic rings. The van der Waals surface area contributed by atoms with Crippen molar-refractivity contribution in [2.75, 3.05) is 33.9 Å². The van der Waals surface area contributed by atoms with Crippen molar-refractivity contribution < 1.29 is 14.6 Å². The highest BCUT2D eigenvalue weighted by Crippen LogP contribution is 2.09. The van der Waals surface area contributed by atoms with Gasteiger partial charge >= 0.3 is 0 Å². The van der Waals surface area contributed by atoms with Gasteiger partial charge in [0.05, 0.1) is 6.10 Å². The molecule has 12 heavy (non-hydrogen) atoms. The van der Waals surface area contributed by atoms with Gasteiger partial charge in [0.2, 0.25) is 0 Å². The van der Waals surface area contributed by atoms with E-state index < -0.39 is 0 Å². The number of nitrogens with zero attached hydrogens (tertiary/aromatic N) is 1. The van der Waals surface area contributed by atoms with Gasteiger partial charge in [0.1, 0.15) is 0 Å². The molecule has 0 amide bonds. The molecule has 1 rings (SSSR count). The van der Waals surface area contributed by atoms with Crippen molar-refractivity contribution in [3.8, 4) is 0 Å². The maximum absolute atomic E-state index is 9.23. The Bertz CT molecular complexity index is 127. The maximum atomic E-state index is 9.23. The normalized spacial score (nSPS) is 25.5. The van der Waals surface area contributed by atoms with Gasteiger partial charge in [-0.2, -0.15) is 0 Å². The van der Waals surface area contributed by atoms with Crippen molar-refractivity contribution in [3.05, 3.63) is 0 Å². The van der Waals surface area contributed by atoms with Gasteiger partial charge in [-0.25, -0.2) is 0 Å². The average Bonchev–Trinajstić information content (AvgIpc) is 2.47. The van der Waals surface area contributed by atoms with Crippen molar-refractivity contribution >= 4 is 0 Å². The molecule has 1 N–H and O–H groups in total. The van der Waals surface area contributed by atoms with E-state index in [1.54, 1.807) is 14.2 Å². The first-order valence-corrected chi connectivity index (χ1v) is 4.22. The highest BCUT2D eigenvalue weighted by molar-refractivity contribution is 4.74. The second kappa shape index (κ2) is 4.77. The summed E-state index contributed by atoms with van der Waals surface area (Å²) in [5.41, 5.74) is 0. The molecule has 0 radical (unpaired) electrons. The lowest BCUT2D eigenvalue weighted by Gasteiger charge is -2.20. The third-order valence-electron chi connectivity index (χ3n) is 2.18. The fourth-order valence-corrected chi connectivity index (χ4v) is 1.43. The third kappa shape index (κ3) is 2.71. The van der Waals surface area contributed by atoms with Crippen LogP contribution in [0.5, 0.6) is 0 Å². The first kappa shape index (κ1) is 9.92. The number of hydrogen-bond acceptors (Lipinski definition) is 4. The molecule has 0 aromatic heterocycles. The Kier molecular flexibility index (Phi) is 3.94. The van der Waals surface area contributed by atoms with Crippen LogP contribution in [-0.4, -0.2) is 56.3 Å². The van der Waals surface area contributed by atoms with Gasteiger partial charge in [-0.3, -0.25) is 4.90 Å². The van der Waals surface area contributed by atoms with Crippen LogP contribution in [0.3, 0.4) is 0 Å². The monoisotopic (exact) mass is 175 g/mol. The van der Waals surface area contributed by atoms with E-state index in [9.17, 15) is 5.11 Å². The fraction of sp³-hybridized carbons (Fsp3) is 1.00. The first-order valence-electron chi connectivity index (χ1n) is 4.22. The Hall–Kier alpha value is -0.160. The highest BCUT2D eigenvalue weighted by Gasteiger charge is 2.22. The van der Waals surface area contributed by atoms with Crippen molar-refractivity contribution in [1.82, 2.24) is 4.90 Å². The van der Waals surface area contributed by atoms with E-state index in [1.807, 2.05) is 0 Å². The van der Waals surface area contributed by atoms with Gasteiger partial charge in [-0.15, -0.1) is 0 Å². The average molecular weight is 175 g/mol. The lowest BCUT2D eigenvalue weighted by Crippen LogP contribution is -2.33. The Balaban J connectivity index is 2.21. The number of aliphatic hydroxyl groups is 1. The number of rotatable bonds is 4. The van der Waals surface area contributed by atoms with Crippen LogP contribution >= 0.6 is 0 Å². The third-order valence-corrected chi connectivity index (χ3v) is 2.18. The minimum Gasteiger partial charge on any atom is -0.392 e. The molecule has 4 heteroatoms. The summed E-state index contributed by atoms with van der Waals surface area (Å²) in [6, 6.07) is 0. The molecule has 0 aromatic carbocycles. The molecule has 1 heterocycles. The largest absolute Gasteiger partial charge is 0.392 e. The molecule has 1 atom stereocenters. The summed E-state index contributed by atoms with van der Waals surface area (Å²) in [6.45, 7) is 2.41. The summed E-state index contributed by atoms with van der Waals surface area (Å²) in [6.07, 6.45) is 0.523. The molecule has 72 valence electrons. The minimum atomic E-state index is -0.171. The number of β-amino-alcohol motifs (C(OH)–C–C–N with tert-alkyl or cyclic N) is 1. The quantitative estimate of drug-likeness (QED) is 0.594. The summed E-state index contributed by atoms with van der Waals surface area (Å²) >= 11 is 0. The molecular formula is C8H17NO3. The molecule has 1 saturated heterocycles. The van der Waals surface area contributed by atoms with Gasteiger partial charge < -0.3 is 14.6 Å². The number of aliphatic hydroxyl groups excluding tert-OH is 1. The SMILES string of the molecule is COC(CN1CCC(O)C1)OC. The maximum Gasteiger partial charge on any atom is 0.169 e. The van der Waals surface area contributed by atoms with Gasteiger partial charge in [0, 0.05) is 33.9 Å². The van der Waals surface area contributed by atoms with E-state index in [2.05, 4.69) is 4.90 Å². The molecule has 1 aliphatic heterocycles. The predicted molar refractivity (Wildman–Crippen MR) is 44.9 cm³/mol. The Morgan fingerprint density at radius 2 is 2.17 bits per heavy atom. The minimum absolute atomic E-state index is 0.167. The first-order chi connectivity index (χ1) is 5.76. The van der Waals surface area contributed by atoms with E-state index in [1.165, 1.54) is 0 Å². The standard InChI is InChI=1S/C8H17NO3/c1-11-8(12-2)6-9-4-3-7(10)5-9/h7-8,10H,3-6H2,1-2H3. The summed E-state index contributed by atoms with van der Waals surface area (Å²) in [4.78, 5) is 2.14. The van der Waals surface area contributed by atoms with Crippen LogP contribution in [0.15, 0.2) is 0 Å². The van der Waals surface area contributed by atoms with Crippen LogP contribution in [0, 0.1) is 0 Å². The Morgan fingerprint density at radius 3 is 2.58 bits per heavy atom. The second-order valence-corrected chi connectivity index (χ2v) is 3.10. The number of methoxy groups -OCH3 is 2. The van der Waals surface area contributed by atoms with E-state index in [0.717, 1.165) is 26.1 Å². The van der Waals surface area contributed by atoms with Crippen LogP contribution in [0.25, 0.3) is 0 Å². The summed E-state index contributed by atoms with van der Waals surface area (Å²) in [5, 5.41) is 9.23. The van der Waals surface area contributed by atoms with Crippen molar-refractivity contribution in [2.24, 2.45) is 0 Å². The number of hydrogen-bond donors (Lipinski definition) is 1. The second-order valence-electron chi connectivity index (χ2n) is 3.10. The molecule has 1 unspecified atom stereocenters. The lowest BCUT2D eigenvalue weighted by atomic mass is 10.3. The highest BCUT2D eigenvalue weighted by atomic mass is 16.7. The van der Waals surface area contributed by atoms with Crippen LogP contribution in [0.1, 0.15) is 6.42 Å². The zero-order valence-corrected chi connectivity index (χ0v) is 7.69. The summed E-state index contributed by atoms with van der Waals surface area (Å²) in [5.74, 6) is 0. The van der Waals surface area contributed by atoms with Gasteiger partial charge in [-0.05, 0) is 6.42 Å². The van der Waals surface area contributed by atoms with E-state index in [4.69, 9.17) is 9.47 Å². The Morgan fingerprint density at radius 1 is 1.50 bits per heavy atom. The molecule has 1 aliphatic rings. The number of likely N-dealkylation sites (tertiary alicyclic amines) is 1. The predicted octanol–water partition coefficient (Wildman–Crippen LogP) is -0.328. The molecule has 0 saturated carbocycles. The molecule has 1 fully saturated rings. The zero-order chi connectivity index (χ0) is 8.97. The van der Waals surface area contributed by atoms with Crippen LogP contribution in [0.4, 0.5) is 0 Å². The molecule has 0 aliphatic carbocycles. The lowest BCUT2D eigenvalue weighted by molar-refractivity contribution is -0.114. The van der Waals surface area contributed by atoms with Crippen molar-refractivity contribution in [1.29, 1.82) is 0 Å². The summed E-state index contributed by atoms with van der Waals surface area (Å²) in [7, 11) is 3.25. The molecule has 0 bridgehead atoms. The van der Waals surface area contributed by atoms with Gasteiger partial charge in [0.15, 0.2) is 6.29 Å². The van der Waals surface area contributed by atoms with Crippen molar-refractivity contribution in [2.45, 2.75) is 18.8 Å². The van der Waals surface area contributed by atoms with E-state index in [-0.39, 0.29) is 12.4 Å². The van der Waals surface area contributed by atoms with Crippen LogP contribution in [-0.2, 0) is 9.47 Å². The van der Waals surface area contributed by atoms with Gasteiger partial charge in [-0.1, -0.05) is 0 Å². The fourth-order valence-electron chi connectivity index (χ4n) is 1.43. The Labute approximate surface area is 73.1 Å². The zero-order valence-electron chi connectivity index (χ0n) is 7.69. The topological polar surface area (TPSA) is 41.9 Å². The molecule has 0 spiro atoms. The van der Waals surface area contributed by atoms with E-state index >= 15 is 0 Å². The van der Waals surface area contributed by atoms with Crippen LogP contribution < -0.4 is 0 Å². The smallest absolute Gasteiger partial charge is 0.169 e. The van der Waals surface area contributed by atoms with Crippen LogP contribution in [0.2, 0.25) is 0 Å². The van der Waals surface area contributed by atoms with Gasteiger partial charge in [0.25, 0.3) is 0 Å². The van der Waals surface area contributed by atoms with E-state index in [0.29, 0.717) is 0 Å². The summed E-state index contributed by atoms with van der Waals surface area (Å²) < 4.78 is 10.1. The van der Waals surface area contributed by atoms with Crippen molar-refractivity contribution in [3.63, 3.8) is 0 Å². The number of ether oxygens (including phenoxy) is 2.